The fourth-order valence-electron chi connectivity index (χ4n) is 2.88. The average molecular weight is 473 g/mol. The largest absolute Gasteiger partial charge is 0.463 e. The van der Waals surface area contributed by atoms with Crippen molar-refractivity contribution in [1.82, 2.24) is 9.97 Å². The maximum Gasteiger partial charge on any atom is 0.375 e. The SMILES string of the molecule is COC(=O)C(=O)C(C(=O)C(=O)Nc1cccc([N+](=O)[O-])c1)c1nc2ccc(Cl)cc2[nH]c1=O. The number of aromatic nitrogens is 2. The Morgan fingerprint density at radius 3 is 2.55 bits per heavy atom. The summed E-state index contributed by atoms with van der Waals surface area (Å²) in [6.07, 6.45) is 0. The number of nitrogens with zero attached hydrogens (tertiary/aromatic N) is 2. The fraction of sp³-hybridized carbons (Fsp3) is 0.100. The van der Waals surface area contributed by atoms with E-state index in [0.717, 1.165) is 19.2 Å². The topological polar surface area (TPSA) is 178 Å². The maximum absolute atomic E-state index is 12.9. The number of H-pyrrole nitrogens is 1. The Morgan fingerprint density at radius 2 is 1.88 bits per heavy atom. The lowest BCUT2D eigenvalue weighted by Crippen LogP contribution is -2.39. The predicted molar refractivity (Wildman–Crippen MR) is 114 cm³/mol. The molecular formula is C20H13ClN4O8. The number of nitrogens with one attached hydrogen (secondary N) is 2. The number of amides is 1. The van der Waals surface area contributed by atoms with E-state index in [1.807, 2.05) is 0 Å². The molecule has 3 rings (SSSR count). The molecule has 0 aliphatic heterocycles. The van der Waals surface area contributed by atoms with Crippen LogP contribution in [0.15, 0.2) is 47.3 Å². The van der Waals surface area contributed by atoms with Gasteiger partial charge in [0.05, 0.1) is 23.1 Å². The minimum atomic E-state index is -2.22. The summed E-state index contributed by atoms with van der Waals surface area (Å²) in [6.45, 7) is 0. The Bertz CT molecular complexity index is 1380. The van der Waals surface area contributed by atoms with Crippen LogP contribution in [0.4, 0.5) is 11.4 Å². The molecule has 1 heterocycles. The molecule has 168 valence electrons. The van der Waals surface area contributed by atoms with Crippen molar-refractivity contribution >= 4 is 57.5 Å². The number of benzene rings is 2. The van der Waals surface area contributed by atoms with Gasteiger partial charge in [-0.25, -0.2) is 9.78 Å². The van der Waals surface area contributed by atoms with Gasteiger partial charge in [0.1, 0.15) is 11.6 Å². The van der Waals surface area contributed by atoms with Crippen molar-refractivity contribution < 1.29 is 28.8 Å². The monoisotopic (exact) mass is 472 g/mol. The Labute approximate surface area is 188 Å². The number of hydrogen-bond acceptors (Lipinski definition) is 9. The van der Waals surface area contributed by atoms with Gasteiger partial charge in [-0.2, -0.15) is 0 Å². The normalized spacial score (nSPS) is 11.5. The summed E-state index contributed by atoms with van der Waals surface area (Å²) in [6, 6.07) is 8.87. The highest BCUT2D eigenvalue weighted by molar-refractivity contribution is 6.52. The van der Waals surface area contributed by atoms with Crippen LogP contribution < -0.4 is 10.9 Å². The second-order valence-electron chi connectivity index (χ2n) is 6.53. The highest BCUT2D eigenvalue weighted by Gasteiger charge is 2.40. The zero-order chi connectivity index (χ0) is 24.3. The summed E-state index contributed by atoms with van der Waals surface area (Å²) in [5.41, 5.74) is -1.89. The molecule has 1 amide bonds. The van der Waals surface area contributed by atoms with Crippen molar-refractivity contribution in [3.8, 4) is 0 Å². The molecule has 0 radical (unpaired) electrons. The van der Waals surface area contributed by atoms with Crippen molar-refractivity contribution in [3.05, 3.63) is 73.6 Å². The van der Waals surface area contributed by atoms with Gasteiger partial charge in [-0.1, -0.05) is 17.7 Å². The number of carbonyl (C=O) groups excluding carboxylic acids is 4. The van der Waals surface area contributed by atoms with Crippen molar-refractivity contribution in [2.24, 2.45) is 0 Å². The molecule has 12 nitrogen and oxygen atoms in total. The first kappa shape index (κ1) is 23.2. The highest BCUT2D eigenvalue weighted by atomic mass is 35.5. The zero-order valence-electron chi connectivity index (χ0n) is 16.7. The molecule has 13 heteroatoms. The first-order valence-corrected chi connectivity index (χ1v) is 9.41. The predicted octanol–water partition coefficient (Wildman–Crippen LogP) is 1.52. The molecule has 0 spiro atoms. The number of halogens is 1. The molecule has 0 aliphatic rings. The molecule has 2 aromatic carbocycles. The molecule has 33 heavy (non-hydrogen) atoms. The number of nitro benzene ring substituents is 1. The maximum atomic E-state index is 12.9. The van der Waals surface area contributed by atoms with Crippen LogP contribution in [0.25, 0.3) is 11.0 Å². The van der Waals surface area contributed by atoms with Crippen LogP contribution in [0, 0.1) is 10.1 Å². The van der Waals surface area contributed by atoms with Gasteiger partial charge in [-0.15, -0.1) is 0 Å². The third-order valence-electron chi connectivity index (χ3n) is 4.40. The van der Waals surface area contributed by atoms with Gasteiger partial charge in [0.25, 0.3) is 22.9 Å². The minimum absolute atomic E-state index is 0.123. The molecular weight excluding hydrogens is 460 g/mol. The third kappa shape index (κ3) is 4.91. The van der Waals surface area contributed by atoms with E-state index in [0.29, 0.717) is 0 Å². The molecule has 1 atom stereocenters. The standard InChI is InChI=1S/C20H13ClN4O8/c1-33-20(30)17(27)14(15-18(28)24-13-7-9(21)5-6-12(13)23-15)16(26)19(29)22-10-3-2-4-11(8-10)25(31)32/h2-8,14H,1H3,(H,22,29)(H,24,28). The summed E-state index contributed by atoms with van der Waals surface area (Å²) in [4.78, 5) is 79.0. The number of non-ortho nitro benzene ring substituents is 1. The minimum Gasteiger partial charge on any atom is -0.463 e. The van der Waals surface area contributed by atoms with Gasteiger partial charge in [0.2, 0.25) is 5.78 Å². The number of anilines is 1. The first-order valence-electron chi connectivity index (χ1n) is 9.03. The van der Waals surface area contributed by atoms with Crippen LogP contribution in [0.1, 0.15) is 11.6 Å². The van der Waals surface area contributed by atoms with Crippen LogP contribution in [-0.2, 0) is 23.9 Å². The van der Waals surface area contributed by atoms with E-state index in [4.69, 9.17) is 11.6 Å². The van der Waals surface area contributed by atoms with Crippen LogP contribution in [0.3, 0.4) is 0 Å². The van der Waals surface area contributed by atoms with E-state index in [9.17, 15) is 34.1 Å². The molecule has 0 bridgehead atoms. The number of fused-ring (bicyclic) bond motifs is 1. The fourth-order valence-corrected chi connectivity index (χ4v) is 3.05. The lowest BCUT2D eigenvalue weighted by Gasteiger charge is -2.13. The summed E-state index contributed by atoms with van der Waals surface area (Å²) in [7, 11) is 0.880. The number of aromatic amines is 1. The molecule has 2 N–H and O–H groups in total. The zero-order valence-corrected chi connectivity index (χ0v) is 17.4. The second-order valence-corrected chi connectivity index (χ2v) is 6.96. The highest BCUT2D eigenvalue weighted by Crippen LogP contribution is 2.21. The van der Waals surface area contributed by atoms with E-state index < -0.39 is 45.5 Å². The number of methoxy groups -OCH3 is 1. The molecule has 1 unspecified atom stereocenters. The number of carbonyl (C=O) groups is 4. The number of esters is 1. The first-order chi connectivity index (χ1) is 15.6. The Morgan fingerprint density at radius 1 is 1.15 bits per heavy atom. The van der Waals surface area contributed by atoms with E-state index in [2.05, 4.69) is 20.0 Å². The molecule has 0 saturated heterocycles. The van der Waals surface area contributed by atoms with E-state index in [1.54, 1.807) is 0 Å². The van der Waals surface area contributed by atoms with Crippen LogP contribution >= 0.6 is 11.6 Å². The van der Waals surface area contributed by atoms with Gasteiger partial charge in [-0.05, 0) is 24.3 Å². The number of nitro groups is 1. The Kier molecular flexibility index (Phi) is 6.59. The van der Waals surface area contributed by atoms with Crippen molar-refractivity contribution in [1.29, 1.82) is 0 Å². The number of ether oxygens (including phenoxy) is 1. The summed E-state index contributed by atoms with van der Waals surface area (Å²) >= 11 is 5.87. The molecule has 3 aromatic rings. The molecule has 0 saturated carbocycles. The van der Waals surface area contributed by atoms with Crippen LogP contribution in [0.2, 0.25) is 5.02 Å². The number of rotatable bonds is 7. The van der Waals surface area contributed by atoms with E-state index in [1.165, 1.54) is 30.3 Å². The van der Waals surface area contributed by atoms with Gasteiger partial charge in [0, 0.05) is 22.8 Å². The Balaban J connectivity index is 2.04. The molecule has 1 aromatic heterocycles. The number of hydrogen-bond donors (Lipinski definition) is 2. The average Bonchev–Trinajstić information content (AvgIpc) is 2.78. The summed E-state index contributed by atoms with van der Waals surface area (Å²) < 4.78 is 4.34. The van der Waals surface area contributed by atoms with Crippen molar-refractivity contribution in [2.75, 3.05) is 12.4 Å². The van der Waals surface area contributed by atoms with Gasteiger partial charge < -0.3 is 15.0 Å². The third-order valence-corrected chi connectivity index (χ3v) is 4.64. The van der Waals surface area contributed by atoms with Gasteiger partial charge in [-0.3, -0.25) is 29.3 Å². The quantitative estimate of drug-likeness (QED) is 0.169. The van der Waals surface area contributed by atoms with E-state index >= 15 is 0 Å². The van der Waals surface area contributed by atoms with Crippen LogP contribution in [0.5, 0.6) is 0 Å². The van der Waals surface area contributed by atoms with Gasteiger partial charge >= 0.3 is 5.97 Å². The second kappa shape index (κ2) is 9.36. The van der Waals surface area contributed by atoms with Gasteiger partial charge in [0.15, 0.2) is 0 Å². The van der Waals surface area contributed by atoms with Crippen molar-refractivity contribution in [3.63, 3.8) is 0 Å². The molecule has 0 fully saturated rings. The Hall–Kier alpha value is -4.45. The summed E-state index contributed by atoms with van der Waals surface area (Å²) in [5, 5.41) is 13.3. The molecule has 0 aliphatic carbocycles. The van der Waals surface area contributed by atoms with Crippen LogP contribution in [-0.4, -0.2) is 45.4 Å². The number of Topliss-reactive ketones (excluding diaryl/α,β-unsaturated/α-hetero) is 2. The van der Waals surface area contributed by atoms with E-state index in [-0.39, 0.29) is 27.4 Å². The number of ketones is 2. The lowest BCUT2D eigenvalue weighted by molar-refractivity contribution is -0.384. The lowest BCUT2D eigenvalue weighted by atomic mass is 9.94. The van der Waals surface area contributed by atoms with Crippen molar-refractivity contribution in [2.45, 2.75) is 5.92 Å². The summed E-state index contributed by atoms with van der Waals surface area (Å²) in [5.74, 6) is -8.10. The smallest absolute Gasteiger partial charge is 0.375 e.